The summed E-state index contributed by atoms with van der Waals surface area (Å²) < 4.78 is 8.11. The molecule has 6 heteroatoms. The number of fused-ring (bicyclic) bond motifs is 1. The molecule has 6 nitrogen and oxygen atoms in total. The molecule has 1 atom stereocenters. The Bertz CT molecular complexity index is 679. The second kappa shape index (κ2) is 7.07. The Hall–Kier alpha value is -1.66. The second-order valence-corrected chi connectivity index (χ2v) is 7.01. The normalized spacial score (nSPS) is 23.5. The molecule has 0 N–H and O–H groups in total. The number of likely N-dealkylation sites (tertiary alicyclic amines) is 1. The van der Waals surface area contributed by atoms with Crippen molar-refractivity contribution in [3.63, 3.8) is 0 Å². The lowest BCUT2D eigenvalue weighted by atomic mass is 10.1. The van der Waals surface area contributed by atoms with E-state index in [-0.39, 0.29) is 6.10 Å². The zero-order valence-corrected chi connectivity index (χ0v) is 14.5. The molecule has 2 aliphatic heterocycles. The zero-order chi connectivity index (χ0) is 16.4. The number of aryl methyl sites for hydroxylation is 1. The summed E-state index contributed by atoms with van der Waals surface area (Å²) in [4.78, 5) is 9.56. The van der Waals surface area contributed by atoms with E-state index >= 15 is 0 Å². The van der Waals surface area contributed by atoms with Crippen molar-refractivity contribution in [3.05, 3.63) is 24.0 Å². The number of nitrogens with zero attached hydrogens (tertiary/aromatic N) is 5. The quantitative estimate of drug-likeness (QED) is 0.863. The Kier molecular flexibility index (Phi) is 4.67. The molecule has 4 heterocycles. The predicted molar refractivity (Wildman–Crippen MR) is 94.6 cm³/mol. The largest absolute Gasteiger partial charge is 0.375 e. The number of piperidine rings is 1. The Morgan fingerprint density at radius 1 is 1.17 bits per heavy atom. The van der Waals surface area contributed by atoms with Crippen LogP contribution in [0.3, 0.4) is 0 Å². The maximum atomic E-state index is 6.15. The van der Waals surface area contributed by atoms with Crippen LogP contribution in [0.5, 0.6) is 0 Å². The number of rotatable bonds is 3. The highest BCUT2D eigenvalue weighted by Crippen LogP contribution is 2.21. The van der Waals surface area contributed by atoms with Gasteiger partial charge in [-0.3, -0.25) is 0 Å². The number of ether oxygens (including phenoxy) is 1. The van der Waals surface area contributed by atoms with E-state index in [9.17, 15) is 0 Å². The topological polar surface area (TPSA) is 45.9 Å². The van der Waals surface area contributed by atoms with Crippen LogP contribution in [0, 0.1) is 6.92 Å². The van der Waals surface area contributed by atoms with Crippen LogP contribution in [0.2, 0.25) is 0 Å². The van der Waals surface area contributed by atoms with E-state index in [0.717, 1.165) is 49.8 Å². The highest BCUT2D eigenvalue weighted by molar-refractivity contribution is 5.50. The molecule has 0 amide bonds. The lowest BCUT2D eigenvalue weighted by Gasteiger charge is -2.32. The summed E-state index contributed by atoms with van der Waals surface area (Å²) >= 11 is 0. The molecule has 2 saturated heterocycles. The van der Waals surface area contributed by atoms with Gasteiger partial charge in [-0.05, 0) is 39.3 Å². The minimum atomic E-state index is 0.268. The van der Waals surface area contributed by atoms with Crippen LogP contribution in [0.1, 0.15) is 31.4 Å². The Balaban J connectivity index is 1.53. The first-order chi connectivity index (χ1) is 11.8. The molecule has 0 spiro atoms. The summed E-state index contributed by atoms with van der Waals surface area (Å²) in [6.07, 6.45) is 7.18. The van der Waals surface area contributed by atoms with Crippen LogP contribution >= 0.6 is 0 Å². The first kappa shape index (κ1) is 15.8. The lowest BCUT2D eigenvalue weighted by Crippen LogP contribution is -2.42. The fourth-order valence-corrected chi connectivity index (χ4v) is 3.89. The van der Waals surface area contributed by atoms with E-state index in [1.54, 1.807) is 0 Å². The fraction of sp³-hybridized carbons (Fsp3) is 0.667. The average Bonchev–Trinajstić information content (AvgIpc) is 2.93. The van der Waals surface area contributed by atoms with E-state index < -0.39 is 0 Å². The van der Waals surface area contributed by atoms with Gasteiger partial charge in [0.2, 0.25) is 0 Å². The number of anilines is 1. The van der Waals surface area contributed by atoms with Crippen molar-refractivity contribution in [3.8, 4) is 0 Å². The van der Waals surface area contributed by atoms with Gasteiger partial charge in [-0.25, -0.2) is 4.98 Å². The van der Waals surface area contributed by atoms with Gasteiger partial charge in [0.25, 0.3) is 0 Å². The van der Waals surface area contributed by atoms with Gasteiger partial charge in [0.1, 0.15) is 5.82 Å². The summed E-state index contributed by atoms with van der Waals surface area (Å²) in [7, 11) is 0. The first-order valence-corrected chi connectivity index (χ1v) is 9.20. The summed E-state index contributed by atoms with van der Waals surface area (Å²) in [5, 5.41) is 4.47. The molecule has 4 rings (SSSR count). The van der Waals surface area contributed by atoms with E-state index in [2.05, 4.69) is 32.9 Å². The van der Waals surface area contributed by atoms with Crippen molar-refractivity contribution in [1.82, 2.24) is 19.5 Å². The molecule has 0 radical (unpaired) electrons. The third kappa shape index (κ3) is 3.39. The molecule has 2 aliphatic rings. The van der Waals surface area contributed by atoms with E-state index in [4.69, 9.17) is 4.74 Å². The molecule has 0 aliphatic carbocycles. The van der Waals surface area contributed by atoms with Gasteiger partial charge in [-0.1, -0.05) is 6.42 Å². The van der Waals surface area contributed by atoms with Crippen molar-refractivity contribution < 1.29 is 4.74 Å². The van der Waals surface area contributed by atoms with Gasteiger partial charge >= 0.3 is 0 Å². The summed E-state index contributed by atoms with van der Waals surface area (Å²) in [5.41, 5.74) is 1.96. The van der Waals surface area contributed by atoms with Crippen molar-refractivity contribution in [2.45, 2.75) is 38.7 Å². The number of hydrogen-bond donors (Lipinski definition) is 0. The number of hydrogen-bond acceptors (Lipinski definition) is 5. The van der Waals surface area contributed by atoms with Gasteiger partial charge in [0.05, 0.1) is 12.3 Å². The van der Waals surface area contributed by atoms with Crippen LogP contribution < -0.4 is 4.90 Å². The van der Waals surface area contributed by atoms with Gasteiger partial charge in [-0.2, -0.15) is 9.61 Å². The number of aromatic nitrogens is 3. The Morgan fingerprint density at radius 2 is 2.04 bits per heavy atom. The molecule has 2 fully saturated rings. The molecule has 24 heavy (non-hydrogen) atoms. The molecule has 0 saturated carbocycles. The van der Waals surface area contributed by atoms with Crippen LogP contribution in [-0.4, -0.2) is 64.9 Å². The minimum Gasteiger partial charge on any atom is -0.375 e. The lowest BCUT2D eigenvalue weighted by molar-refractivity contribution is 0.0350. The van der Waals surface area contributed by atoms with Crippen LogP contribution in [0.15, 0.2) is 18.3 Å². The minimum absolute atomic E-state index is 0.268. The standard InChI is InChI=1S/C18H27N5O/c1-15-12-18(23-17(20-15)6-7-19-23)22-10-5-11-24-16(14-22)13-21-8-3-2-4-9-21/h6-7,12,16H,2-5,8-11,13-14H2,1H3/t16-/m1/s1. The molecule has 130 valence electrons. The third-order valence-electron chi connectivity index (χ3n) is 5.05. The molecule has 2 aromatic heterocycles. The third-order valence-corrected chi connectivity index (χ3v) is 5.05. The summed E-state index contributed by atoms with van der Waals surface area (Å²) in [6, 6.07) is 4.11. The van der Waals surface area contributed by atoms with Crippen molar-refractivity contribution in [1.29, 1.82) is 0 Å². The van der Waals surface area contributed by atoms with Gasteiger partial charge in [0, 0.05) is 44.1 Å². The van der Waals surface area contributed by atoms with Gasteiger partial charge < -0.3 is 14.5 Å². The first-order valence-electron chi connectivity index (χ1n) is 9.20. The predicted octanol–water partition coefficient (Wildman–Crippen LogP) is 2.12. The molecule has 2 aromatic rings. The Morgan fingerprint density at radius 3 is 2.92 bits per heavy atom. The average molecular weight is 329 g/mol. The monoisotopic (exact) mass is 329 g/mol. The highest BCUT2D eigenvalue weighted by atomic mass is 16.5. The molecule has 0 unspecified atom stereocenters. The van der Waals surface area contributed by atoms with Gasteiger partial charge in [-0.15, -0.1) is 0 Å². The second-order valence-electron chi connectivity index (χ2n) is 7.01. The molecule has 0 aromatic carbocycles. The van der Waals surface area contributed by atoms with Crippen LogP contribution in [-0.2, 0) is 4.74 Å². The van der Waals surface area contributed by atoms with Crippen molar-refractivity contribution >= 4 is 11.5 Å². The van der Waals surface area contributed by atoms with Crippen LogP contribution in [0.25, 0.3) is 5.65 Å². The summed E-state index contributed by atoms with van der Waals surface area (Å²) in [6.45, 7) is 8.32. The fourth-order valence-electron chi connectivity index (χ4n) is 3.89. The smallest absolute Gasteiger partial charge is 0.157 e. The zero-order valence-electron chi connectivity index (χ0n) is 14.5. The van der Waals surface area contributed by atoms with Crippen molar-refractivity contribution in [2.75, 3.05) is 44.2 Å². The maximum Gasteiger partial charge on any atom is 0.157 e. The molecular formula is C18H27N5O. The maximum absolute atomic E-state index is 6.15. The van der Waals surface area contributed by atoms with E-state index in [1.165, 1.54) is 32.4 Å². The molecule has 0 bridgehead atoms. The van der Waals surface area contributed by atoms with E-state index in [0.29, 0.717) is 0 Å². The highest BCUT2D eigenvalue weighted by Gasteiger charge is 2.24. The van der Waals surface area contributed by atoms with Crippen molar-refractivity contribution in [2.24, 2.45) is 0 Å². The Labute approximate surface area is 143 Å². The molecular weight excluding hydrogens is 302 g/mol. The van der Waals surface area contributed by atoms with E-state index in [1.807, 2.05) is 16.8 Å². The SMILES string of the molecule is Cc1cc(N2CCCO[C@H](CN3CCCCC3)C2)n2nccc2n1. The van der Waals surface area contributed by atoms with Gasteiger partial charge in [0.15, 0.2) is 5.65 Å². The summed E-state index contributed by atoms with van der Waals surface area (Å²) in [5.74, 6) is 1.14. The van der Waals surface area contributed by atoms with Crippen LogP contribution in [0.4, 0.5) is 5.82 Å².